The highest BCUT2D eigenvalue weighted by atomic mass is 15.3. The van der Waals surface area contributed by atoms with Gasteiger partial charge in [-0.25, -0.2) is 0 Å². The molecule has 0 amide bonds. The zero-order valence-corrected chi connectivity index (χ0v) is 13.4. The minimum atomic E-state index is 0.825. The monoisotopic (exact) mass is 287 g/mol. The van der Waals surface area contributed by atoms with Gasteiger partial charge >= 0.3 is 0 Å². The van der Waals surface area contributed by atoms with Crippen LogP contribution in [0.1, 0.15) is 30.9 Å². The van der Waals surface area contributed by atoms with Crippen molar-refractivity contribution in [3.8, 4) is 0 Å². The molecule has 2 fully saturated rings. The smallest absolute Gasteiger partial charge is 0.0234 e. The molecule has 1 saturated carbocycles. The molecule has 1 saturated heterocycles. The number of hydrogen-bond acceptors (Lipinski definition) is 3. The number of nitrogens with one attached hydrogen (secondary N) is 1. The van der Waals surface area contributed by atoms with E-state index in [0.717, 1.165) is 25.6 Å². The normalized spacial score (nSPS) is 20.8. The largest absolute Gasteiger partial charge is 0.314 e. The van der Waals surface area contributed by atoms with Crippen molar-refractivity contribution in [1.82, 2.24) is 15.1 Å². The second kappa shape index (κ2) is 7.39. The first-order valence-electron chi connectivity index (χ1n) is 8.59. The summed E-state index contributed by atoms with van der Waals surface area (Å²) >= 11 is 0. The Morgan fingerprint density at radius 2 is 1.57 bits per heavy atom. The SMILES string of the molecule is CCN1CCN(Cc2ccc(CCNC3CC3)cc2)CC1. The lowest BCUT2D eigenvalue weighted by molar-refractivity contribution is 0.132. The molecule has 21 heavy (non-hydrogen) atoms. The summed E-state index contributed by atoms with van der Waals surface area (Å²) in [7, 11) is 0. The molecule has 1 aromatic carbocycles. The summed E-state index contributed by atoms with van der Waals surface area (Å²) in [5, 5.41) is 3.58. The Kier molecular flexibility index (Phi) is 5.28. The van der Waals surface area contributed by atoms with Gasteiger partial charge in [0, 0.05) is 38.8 Å². The van der Waals surface area contributed by atoms with Crippen molar-refractivity contribution in [2.45, 2.75) is 38.8 Å². The number of hydrogen-bond donors (Lipinski definition) is 1. The molecular formula is C18H29N3. The van der Waals surface area contributed by atoms with Crippen molar-refractivity contribution in [2.24, 2.45) is 0 Å². The first-order chi connectivity index (χ1) is 10.3. The minimum absolute atomic E-state index is 0.825. The molecule has 3 rings (SSSR count). The van der Waals surface area contributed by atoms with Gasteiger partial charge in [-0.2, -0.15) is 0 Å². The topological polar surface area (TPSA) is 18.5 Å². The van der Waals surface area contributed by atoms with Gasteiger partial charge in [0.1, 0.15) is 0 Å². The summed E-state index contributed by atoms with van der Waals surface area (Å²) in [6.45, 7) is 10.6. The lowest BCUT2D eigenvalue weighted by Gasteiger charge is -2.34. The fourth-order valence-corrected chi connectivity index (χ4v) is 3.04. The van der Waals surface area contributed by atoms with Crippen molar-refractivity contribution in [1.29, 1.82) is 0 Å². The van der Waals surface area contributed by atoms with E-state index in [1.807, 2.05) is 0 Å². The Morgan fingerprint density at radius 1 is 0.952 bits per heavy atom. The predicted molar refractivity (Wildman–Crippen MR) is 88.6 cm³/mol. The first-order valence-corrected chi connectivity index (χ1v) is 8.59. The zero-order chi connectivity index (χ0) is 14.5. The number of rotatable bonds is 7. The molecule has 1 N–H and O–H groups in total. The molecule has 1 aromatic rings. The Hall–Kier alpha value is -0.900. The molecule has 0 atom stereocenters. The van der Waals surface area contributed by atoms with Gasteiger partial charge in [0.15, 0.2) is 0 Å². The van der Waals surface area contributed by atoms with E-state index in [4.69, 9.17) is 0 Å². The van der Waals surface area contributed by atoms with Gasteiger partial charge in [0.2, 0.25) is 0 Å². The Morgan fingerprint density at radius 3 is 2.19 bits per heavy atom. The van der Waals surface area contributed by atoms with Gasteiger partial charge in [0.05, 0.1) is 0 Å². The Balaban J connectivity index is 1.41. The number of nitrogens with zero attached hydrogens (tertiary/aromatic N) is 2. The minimum Gasteiger partial charge on any atom is -0.314 e. The van der Waals surface area contributed by atoms with E-state index in [1.165, 1.54) is 56.7 Å². The van der Waals surface area contributed by atoms with E-state index in [-0.39, 0.29) is 0 Å². The molecule has 0 radical (unpaired) electrons. The van der Waals surface area contributed by atoms with E-state index in [0.29, 0.717) is 0 Å². The summed E-state index contributed by atoms with van der Waals surface area (Å²) in [5.41, 5.74) is 2.92. The summed E-state index contributed by atoms with van der Waals surface area (Å²) in [6.07, 6.45) is 3.92. The van der Waals surface area contributed by atoms with Crippen molar-refractivity contribution < 1.29 is 0 Å². The second-order valence-corrected chi connectivity index (χ2v) is 6.51. The highest BCUT2D eigenvalue weighted by molar-refractivity contribution is 5.22. The van der Waals surface area contributed by atoms with Gasteiger partial charge in [-0.05, 0) is 43.5 Å². The molecule has 0 aromatic heterocycles. The van der Waals surface area contributed by atoms with E-state index < -0.39 is 0 Å². The van der Waals surface area contributed by atoms with Crippen LogP contribution < -0.4 is 5.32 Å². The van der Waals surface area contributed by atoms with Crippen LogP contribution in [0.4, 0.5) is 0 Å². The maximum Gasteiger partial charge on any atom is 0.0234 e. The van der Waals surface area contributed by atoms with Crippen molar-refractivity contribution in [3.63, 3.8) is 0 Å². The summed E-state index contributed by atoms with van der Waals surface area (Å²) in [6, 6.07) is 10.1. The lowest BCUT2D eigenvalue weighted by Crippen LogP contribution is -2.45. The molecule has 0 bridgehead atoms. The maximum absolute atomic E-state index is 3.58. The molecule has 116 valence electrons. The van der Waals surface area contributed by atoms with Crippen molar-refractivity contribution in [3.05, 3.63) is 35.4 Å². The summed E-state index contributed by atoms with van der Waals surface area (Å²) in [4.78, 5) is 5.11. The second-order valence-electron chi connectivity index (χ2n) is 6.51. The fraction of sp³-hybridized carbons (Fsp3) is 0.667. The molecule has 1 aliphatic carbocycles. The number of likely N-dealkylation sites (N-methyl/N-ethyl adjacent to an activating group) is 1. The highest BCUT2D eigenvalue weighted by Crippen LogP contribution is 2.18. The van der Waals surface area contributed by atoms with E-state index >= 15 is 0 Å². The predicted octanol–water partition coefficient (Wildman–Crippen LogP) is 2.12. The Bertz CT molecular complexity index is 417. The Labute approximate surface area is 129 Å². The molecule has 3 heteroatoms. The quantitative estimate of drug-likeness (QED) is 0.829. The average molecular weight is 287 g/mol. The van der Waals surface area contributed by atoms with Crippen LogP contribution in [-0.2, 0) is 13.0 Å². The van der Waals surface area contributed by atoms with Crippen molar-refractivity contribution >= 4 is 0 Å². The van der Waals surface area contributed by atoms with Gasteiger partial charge in [-0.15, -0.1) is 0 Å². The van der Waals surface area contributed by atoms with Crippen LogP contribution in [0.3, 0.4) is 0 Å². The van der Waals surface area contributed by atoms with E-state index in [2.05, 4.69) is 46.3 Å². The molecule has 2 aliphatic rings. The standard InChI is InChI=1S/C18H29N3/c1-2-20-11-13-21(14-12-20)15-17-5-3-16(4-6-17)9-10-19-18-7-8-18/h3-6,18-19H,2,7-15H2,1H3. The summed E-state index contributed by atoms with van der Waals surface area (Å²) < 4.78 is 0. The van der Waals surface area contributed by atoms with Gasteiger partial charge in [-0.3, -0.25) is 4.90 Å². The lowest BCUT2D eigenvalue weighted by atomic mass is 10.1. The third-order valence-electron chi connectivity index (χ3n) is 4.77. The average Bonchev–Trinajstić information content (AvgIpc) is 3.34. The summed E-state index contributed by atoms with van der Waals surface area (Å²) in [5.74, 6) is 0. The van der Waals surface area contributed by atoms with E-state index in [1.54, 1.807) is 0 Å². The van der Waals surface area contributed by atoms with Crippen LogP contribution in [-0.4, -0.2) is 55.1 Å². The maximum atomic E-state index is 3.58. The first kappa shape index (κ1) is 15.0. The van der Waals surface area contributed by atoms with Crippen LogP contribution in [0.2, 0.25) is 0 Å². The van der Waals surface area contributed by atoms with Crippen LogP contribution in [0.25, 0.3) is 0 Å². The van der Waals surface area contributed by atoms with Crippen LogP contribution in [0.5, 0.6) is 0 Å². The molecule has 1 heterocycles. The molecule has 1 aliphatic heterocycles. The van der Waals surface area contributed by atoms with E-state index in [9.17, 15) is 0 Å². The zero-order valence-electron chi connectivity index (χ0n) is 13.4. The van der Waals surface area contributed by atoms with Crippen LogP contribution in [0.15, 0.2) is 24.3 Å². The molecule has 0 unspecified atom stereocenters. The number of benzene rings is 1. The fourth-order valence-electron chi connectivity index (χ4n) is 3.04. The third-order valence-corrected chi connectivity index (χ3v) is 4.77. The van der Waals surface area contributed by atoms with Crippen LogP contribution in [0, 0.1) is 0 Å². The highest BCUT2D eigenvalue weighted by Gasteiger charge is 2.19. The molecule has 3 nitrogen and oxygen atoms in total. The third kappa shape index (κ3) is 4.80. The van der Waals surface area contributed by atoms with Gasteiger partial charge in [-0.1, -0.05) is 31.2 Å². The van der Waals surface area contributed by atoms with Crippen molar-refractivity contribution in [2.75, 3.05) is 39.3 Å². The number of piperazine rings is 1. The molecule has 0 spiro atoms. The van der Waals surface area contributed by atoms with Gasteiger partial charge in [0.25, 0.3) is 0 Å². The molecular weight excluding hydrogens is 258 g/mol. The van der Waals surface area contributed by atoms with Gasteiger partial charge < -0.3 is 10.2 Å². The van der Waals surface area contributed by atoms with Crippen LogP contribution >= 0.6 is 0 Å².